The van der Waals surface area contributed by atoms with Crippen molar-refractivity contribution in [1.29, 1.82) is 0 Å². The Morgan fingerprint density at radius 1 is 1.14 bits per heavy atom. The van der Waals surface area contributed by atoms with Crippen molar-refractivity contribution in [3.63, 3.8) is 0 Å². The average molecular weight is 515 g/mol. The summed E-state index contributed by atoms with van der Waals surface area (Å²) in [5.74, 6) is -0.00838. The molecule has 0 saturated carbocycles. The first-order valence-electron chi connectivity index (χ1n) is 10.4. The van der Waals surface area contributed by atoms with Gasteiger partial charge in [0, 0.05) is 23.7 Å². The van der Waals surface area contributed by atoms with Gasteiger partial charge in [0.05, 0.1) is 25.5 Å². The van der Waals surface area contributed by atoms with Crippen LogP contribution in [-0.2, 0) is 27.8 Å². The summed E-state index contributed by atoms with van der Waals surface area (Å²) in [6.07, 6.45) is 4.97. The lowest BCUT2D eigenvalue weighted by atomic mass is 10.1. The number of benzene rings is 1. The molecule has 0 spiro atoms. The fourth-order valence-corrected chi connectivity index (χ4v) is 5.64. The zero-order valence-electron chi connectivity index (χ0n) is 18.5. The number of nitrogens with one attached hydrogen (secondary N) is 2. The van der Waals surface area contributed by atoms with E-state index in [1.54, 1.807) is 67.4 Å². The SMILES string of the molecule is COc1ccc(CC(C(=O)NO)n2cc(CNS(=O)(=O)c3ccc(-c4ccncc4)s3)nn2)cc1. The number of hydrogen-bond donors (Lipinski definition) is 3. The molecule has 0 fully saturated rings. The minimum atomic E-state index is -3.79. The predicted molar refractivity (Wildman–Crippen MR) is 127 cm³/mol. The summed E-state index contributed by atoms with van der Waals surface area (Å²) >= 11 is 1.14. The van der Waals surface area contributed by atoms with E-state index in [0.29, 0.717) is 11.4 Å². The molecule has 11 nitrogen and oxygen atoms in total. The average Bonchev–Trinajstić information content (AvgIpc) is 3.57. The molecule has 1 atom stereocenters. The molecule has 0 radical (unpaired) electrons. The van der Waals surface area contributed by atoms with Gasteiger partial charge in [0.15, 0.2) is 0 Å². The topological polar surface area (TPSA) is 148 Å². The molecule has 0 aliphatic heterocycles. The third kappa shape index (κ3) is 5.89. The third-order valence-electron chi connectivity index (χ3n) is 5.13. The number of methoxy groups -OCH3 is 1. The highest BCUT2D eigenvalue weighted by Gasteiger charge is 2.23. The van der Waals surface area contributed by atoms with Gasteiger partial charge in [0.25, 0.3) is 5.91 Å². The minimum absolute atomic E-state index is 0.124. The lowest BCUT2D eigenvalue weighted by Crippen LogP contribution is -2.32. The van der Waals surface area contributed by atoms with Crippen LogP contribution < -0.4 is 14.9 Å². The van der Waals surface area contributed by atoms with Gasteiger partial charge in [0.1, 0.15) is 16.0 Å². The van der Waals surface area contributed by atoms with Gasteiger partial charge in [-0.1, -0.05) is 17.3 Å². The van der Waals surface area contributed by atoms with E-state index in [4.69, 9.17) is 4.74 Å². The van der Waals surface area contributed by atoms with Gasteiger partial charge in [0.2, 0.25) is 10.0 Å². The van der Waals surface area contributed by atoms with Crippen LogP contribution in [0.15, 0.2) is 71.3 Å². The highest BCUT2D eigenvalue weighted by Crippen LogP contribution is 2.30. The van der Waals surface area contributed by atoms with Crippen LogP contribution >= 0.6 is 11.3 Å². The second-order valence-corrected chi connectivity index (χ2v) is 10.5. The lowest BCUT2D eigenvalue weighted by Gasteiger charge is -2.15. The fraction of sp³-hybridized carbons (Fsp3) is 0.182. The first kappa shape index (κ1) is 24.5. The number of hydrogen-bond acceptors (Lipinski definition) is 9. The van der Waals surface area contributed by atoms with Crippen LogP contribution in [0.3, 0.4) is 0 Å². The van der Waals surface area contributed by atoms with Crippen LogP contribution in [0, 0.1) is 0 Å². The number of carbonyl (C=O) groups is 1. The number of aromatic nitrogens is 4. The minimum Gasteiger partial charge on any atom is -0.497 e. The summed E-state index contributed by atoms with van der Waals surface area (Å²) in [4.78, 5) is 17.0. The van der Waals surface area contributed by atoms with Crippen molar-refractivity contribution in [1.82, 2.24) is 30.2 Å². The van der Waals surface area contributed by atoms with E-state index in [0.717, 1.165) is 27.3 Å². The Hall–Kier alpha value is -3.65. The van der Waals surface area contributed by atoms with Crippen molar-refractivity contribution in [3.05, 3.63) is 78.4 Å². The maximum absolute atomic E-state index is 12.8. The monoisotopic (exact) mass is 514 g/mol. The van der Waals surface area contributed by atoms with Gasteiger partial charge >= 0.3 is 0 Å². The zero-order chi connectivity index (χ0) is 24.8. The van der Waals surface area contributed by atoms with Crippen LogP contribution in [0.5, 0.6) is 5.75 Å². The number of amides is 1. The van der Waals surface area contributed by atoms with Gasteiger partial charge in [-0.3, -0.25) is 15.0 Å². The van der Waals surface area contributed by atoms with Crippen molar-refractivity contribution >= 4 is 27.3 Å². The first-order chi connectivity index (χ1) is 16.9. The van der Waals surface area contributed by atoms with E-state index in [2.05, 4.69) is 20.0 Å². The van der Waals surface area contributed by atoms with Crippen molar-refractivity contribution < 1.29 is 23.2 Å². The molecule has 1 aromatic carbocycles. The molecular formula is C22H22N6O5S2. The fourth-order valence-electron chi connectivity index (χ4n) is 3.29. The van der Waals surface area contributed by atoms with Crippen LogP contribution in [-0.4, -0.2) is 46.6 Å². The number of carbonyl (C=O) groups excluding carboxylic acids is 1. The summed E-state index contributed by atoms with van der Waals surface area (Å²) in [5, 5.41) is 17.1. The number of ether oxygens (including phenoxy) is 1. The molecule has 3 heterocycles. The summed E-state index contributed by atoms with van der Waals surface area (Å²) in [6.45, 7) is -0.124. The molecule has 0 aliphatic carbocycles. The number of sulfonamides is 1. The Kier molecular flexibility index (Phi) is 7.51. The van der Waals surface area contributed by atoms with E-state index < -0.39 is 22.0 Å². The normalized spacial score (nSPS) is 12.3. The number of nitrogens with zero attached hydrogens (tertiary/aromatic N) is 4. The van der Waals surface area contributed by atoms with Crippen molar-refractivity contribution in [2.24, 2.45) is 0 Å². The Balaban J connectivity index is 1.45. The number of rotatable bonds is 10. The van der Waals surface area contributed by atoms with Crippen LogP contribution in [0.25, 0.3) is 10.4 Å². The van der Waals surface area contributed by atoms with E-state index in [1.165, 1.54) is 16.9 Å². The largest absolute Gasteiger partial charge is 0.497 e. The number of pyridine rings is 1. The molecule has 3 N–H and O–H groups in total. The Morgan fingerprint density at radius 3 is 2.57 bits per heavy atom. The molecule has 1 amide bonds. The quantitative estimate of drug-likeness (QED) is 0.215. The van der Waals surface area contributed by atoms with E-state index >= 15 is 0 Å². The van der Waals surface area contributed by atoms with Crippen molar-refractivity contribution in [3.8, 4) is 16.2 Å². The summed E-state index contributed by atoms with van der Waals surface area (Å²) < 4.78 is 34.6. The number of hydroxylamine groups is 1. The highest BCUT2D eigenvalue weighted by molar-refractivity contribution is 7.91. The molecule has 1 unspecified atom stereocenters. The second-order valence-electron chi connectivity index (χ2n) is 7.41. The van der Waals surface area contributed by atoms with Gasteiger partial charge in [-0.25, -0.2) is 23.3 Å². The molecule has 0 bridgehead atoms. The summed E-state index contributed by atoms with van der Waals surface area (Å²) in [5.41, 5.74) is 3.63. The van der Waals surface area contributed by atoms with Crippen LogP contribution in [0.1, 0.15) is 17.3 Å². The van der Waals surface area contributed by atoms with Gasteiger partial charge in [-0.2, -0.15) is 0 Å². The maximum atomic E-state index is 12.8. The molecule has 4 aromatic rings. The van der Waals surface area contributed by atoms with Gasteiger partial charge < -0.3 is 4.74 Å². The first-order valence-corrected chi connectivity index (χ1v) is 12.7. The lowest BCUT2D eigenvalue weighted by molar-refractivity contribution is -0.133. The standard InChI is InChI=1S/C22H22N6O5S2/c1-33-18-4-2-15(3-5-18)12-19(22(29)26-30)28-14-17(25-27-28)13-24-35(31,32)21-7-6-20(34-21)16-8-10-23-11-9-16/h2-11,14,19,24,30H,12-13H2,1H3,(H,26,29). The highest BCUT2D eigenvalue weighted by atomic mass is 32.2. The summed E-state index contributed by atoms with van der Waals surface area (Å²) in [7, 11) is -2.23. The molecule has 3 aromatic heterocycles. The van der Waals surface area contributed by atoms with Gasteiger partial charge in [-0.05, 0) is 47.5 Å². The molecule has 182 valence electrons. The van der Waals surface area contributed by atoms with Crippen LogP contribution in [0.4, 0.5) is 0 Å². The Bertz CT molecular complexity index is 1390. The van der Waals surface area contributed by atoms with E-state index in [1.807, 2.05) is 0 Å². The maximum Gasteiger partial charge on any atom is 0.268 e. The summed E-state index contributed by atoms with van der Waals surface area (Å²) in [6, 6.07) is 13.1. The van der Waals surface area contributed by atoms with E-state index in [-0.39, 0.29) is 17.2 Å². The van der Waals surface area contributed by atoms with Crippen molar-refractivity contribution in [2.75, 3.05) is 7.11 Å². The zero-order valence-corrected chi connectivity index (χ0v) is 20.2. The van der Waals surface area contributed by atoms with E-state index in [9.17, 15) is 18.4 Å². The third-order valence-corrected chi connectivity index (χ3v) is 8.16. The molecule has 35 heavy (non-hydrogen) atoms. The van der Waals surface area contributed by atoms with Gasteiger partial charge in [-0.15, -0.1) is 16.4 Å². The number of thiophene rings is 1. The molecule has 0 aliphatic rings. The Morgan fingerprint density at radius 2 is 1.89 bits per heavy atom. The molecule has 0 saturated heterocycles. The molecular weight excluding hydrogens is 492 g/mol. The smallest absolute Gasteiger partial charge is 0.268 e. The van der Waals surface area contributed by atoms with Crippen LogP contribution in [0.2, 0.25) is 0 Å². The van der Waals surface area contributed by atoms with Crippen molar-refractivity contribution in [2.45, 2.75) is 23.2 Å². The predicted octanol–water partition coefficient (Wildman–Crippen LogP) is 2.18. The molecule has 13 heteroatoms. The molecule has 4 rings (SSSR count). The Labute approximate surface area is 205 Å². The second kappa shape index (κ2) is 10.7.